The summed E-state index contributed by atoms with van der Waals surface area (Å²) in [5.74, 6) is -0.0863. The summed E-state index contributed by atoms with van der Waals surface area (Å²) in [5, 5.41) is 6.99. The summed E-state index contributed by atoms with van der Waals surface area (Å²) in [6.07, 6.45) is 4.12. The first-order valence-electron chi connectivity index (χ1n) is 10.5. The van der Waals surface area contributed by atoms with Crippen molar-refractivity contribution in [2.45, 2.75) is 44.2 Å². The smallest absolute Gasteiger partial charge is 0.337 e. The summed E-state index contributed by atoms with van der Waals surface area (Å²) < 4.78 is 18.3. The molecule has 2 aromatic carbocycles. The minimum absolute atomic E-state index is 0.134. The van der Waals surface area contributed by atoms with Gasteiger partial charge in [-0.3, -0.25) is 0 Å². The molecule has 0 bridgehead atoms. The third kappa shape index (κ3) is 4.51. The van der Waals surface area contributed by atoms with Gasteiger partial charge in [0.25, 0.3) is 0 Å². The molecular formula is C24H27FN4O2. The lowest BCUT2D eigenvalue weighted by Gasteiger charge is -2.38. The van der Waals surface area contributed by atoms with Crippen LogP contribution in [0.5, 0.6) is 0 Å². The predicted molar refractivity (Wildman–Crippen MR) is 120 cm³/mol. The number of nitrogens with zero attached hydrogens (tertiary/aromatic N) is 2. The number of ether oxygens (including phenoxy) is 1. The highest BCUT2D eigenvalue weighted by atomic mass is 19.1. The van der Waals surface area contributed by atoms with Crippen molar-refractivity contribution in [3.63, 3.8) is 0 Å². The van der Waals surface area contributed by atoms with Crippen LogP contribution in [0.2, 0.25) is 0 Å². The van der Waals surface area contributed by atoms with Gasteiger partial charge in [0.1, 0.15) is 11.5 Å². The molecule has 1 aliphatic rings. The van der Waals surface area contributed by atoms with E-state index in [1.807, 2.05) is 7.05 Å². The summed E-state index contributed by atoms with van der Waals surface area (Å²) in [4.78, 5) is 21.6. The van der Waals surface area contributed by atoms with Crippen LogP contribution in [-0.4, -0.2) is 41.7 Å². The van der Waals surface area contributed by atoms with Crippen LogP contribution in [0.4, 0.5) is 10.2 Å². The maximum Gasteiger partial charge on any atom is 0.337 e. The Morgan fingerprint density at radius 1 is 1.10 bits per heavy atom. The van der Waals surface area contributed by atoms with Gasteiger partial charge in [0.15, 0.2) is 5.82 Å². The Bertz CT molecular complexity index is 1090. The molecule has 0 saturated heterocycles. The number of methoxy groups -OCH3 is 1. The van der Waals surface area contributed by atoms with Gasteiger partial charge in [-0.25, -0.2) is 19.2 Å². The van der Waals surface area contributed by atoms with E-state index in [2.05, 4.69) is 17.6 Å². The Kier molecular flexibility index (Phi) is 5.87. The van der Waals surface area contributed by atoms with Crippen molar-refractivity contribution in [2.75, 3.05) is 19.5 Å². The van der Waals surface area contributed by atoms with Crippen LogP contribution in [0.25, 0.3) is 22.3 Å². The number of hydrogen-bond donors (Lipinski definition) is 2. The topological polar surface area (TPSA) is 76.1 Å². The van der Waals surface area contributed by atoms with Gasteiger partial charge in [0.2, 0.25) is 0 Å². The minimum atomic E-state index is -0.418. The summed E-state index contributed by atoms with van der Waals surface area (Å²) in [5.41, 5.74) is 2.98. The standard InChI is InChI=1S/C24H27FN4O2/c1-24(12-10-18(26-2)11-13-24)29-22-21(15-4-7-17(25)8-5-15)27-19-9-6-16(23(30)31-3)14-20(19)28-22/h4-9,14,18,26H,10-13H2,1-3H3,(H,28,29). The predicted octanol–water partition coefficient (Wildman–Crippen LogP) is 4.56. The number of aromatic nitrogens is 2. The molecule has 1 aromatic heterocycles. The minimum Gasteiger partial charge on any atom is -0.465 e. The molecule has 1 aliphatic carbocycles. The van der Waals surface area contributed by atoms with Crippen molar-refractivity contribution < 1.29 is 13.9 Å². The van der Waals surface area contributed by atoms with Crippen LogP contribution in [0, 0.1) is 5.82 Å². The van der Waals surface area contributed by atoms with E-state index in [0.29, 0.717) is 34.2 Å². The van der Waals surface area contributed by atoms with Gasteiger partial charge in [-0.1, -0.05) is 0 Å². The number of carbonyl (C=O) groups is 1. The first kappa shape index (κ1) is 21.2. The van der Waals surface area contributed by atoms with Crippen molar-refractivity contribution in [3.8, 4) is 11.3 Å². The molecule has 1 saturated carbocycles. The molecule has 0 aliphatic heterocycles. The van der Waals surface area contributed by atoms with Gasteiger partial charge in [0, 0.05) is 17.1 Å². The lowest BCUT2D eigenvalue weighted by atomic mass is 9.80. The van der Waals surface area contributed by atoms with Gasteiger partial charge in [-0.15, -0.1) is 0 Å². The lowest BCUT2D eigenvalue weighted by Crippen LogP contribution is -2.43. The maximum absolute atomic E-state index is 13.5. The second-order valence-electron chi connectivity index (χ2n) is 8.37. The molecule has 0 amide bonds. The van der Waals surface area contributed by atoms with Crippen LogP contribution in [-0.2, 0) is 4.74 Å². The molecule has 0 unspecified atom stereocenters. The van der Waals surface area contributed by atoms with Gasteiger partial charge >= 0.3 is 5.97 Å². The van der Waals surface area contributed by atoms with Crippen molar-refractivity contribution in [1.82, 2.24) is 15.3 Å². The third-order valence-electron chi connectivity index (χ3n) is 6.12. The number of hydrogen-bond acceptors (Lipinski definition) is 6. The van der Waals surface area contributed by atoms with Gasteiger partial charge in [0.05, 0.1) is 23.7 Å². The van der Waals surface area contributed by atoms with Crippen molar-refractivity contribution in [3.05, 3.63) is 53.8 Å². The quantitative estimate of drug-likeness (QED) is 0.588. The highest BCUT2D eigenvalue weighted by molar-refractivity contribution is 5.94. The Labute approximate surface area is 181 Å². The van der Waals surface area contributed by atoms with Gasteiger partial charge in [-0.2, -0.15) is 0 Å². The molecule has 0 radical (unpaired) electrons. The Balaban J connectivity index is 1.78. The Morgan fingerprint density at radius 2 is 1.81 bits per heavy atom. The van der Waals surface area contributed by atoms with E-state index in [4.69, 9.17) is 14.7 Å². The molecule has 31 heavy (non-hydrogen) atoms. The lowest BCUT2D eigenvalue weighted by molar-refractivity contribution is 0.0601. The summed E-state index contributed by atoms with van der Waals surface area (Å²) >= 11 is 0. The van der Waals surface area contributed by atoms with E-state index in [-0.39, 0.29) is 11.4 Å². The zero-order valence-corrected chi connectivity index (χ0v) is 18.0. The summed E-state index contributed by atoms with van der Waals surface area (Å²) in [6.45, 7) is 2.20. The molecule has 162 valence electrons. The Morgan fingerprint density at radius 3 is 2.45 bits per heavy atom. The van der Waals surface area contributed by atoms with Crippen molar-refractivity contribution in [1.29, 1.82) is 0 Å². The number of halogens is 1. The molecule has 1 heterocycles. The van der Waals surface area contributed by atoms with E-state index in [1.54, 1.807) is 30.3 Å². The molecular weight excluding hydrogens is 395 g/mol. The largest absolute Gasteiger partial charge is 0.465 e. The van der Waals surface area contributed by atoms with Crippen LogP contribution in [0.3, 0.4) is 0 Å². The van der Waals surface area contributed by atoms with Crippen molar-refractivity contribution in [2.24, 2.45) is 0 Å². The molecule has 1 fully saturated rings. The second kappa shape index (κ2) is 8.59. The molecule has 7 heteroatoms. The number of benzene rings is 2. The molecule has 4 rings (SSSR count). The molecule has 6 nitrogen and oxygen atoms in total. The fourth-order valence-corrected chi connectivity index (χ4v) is 4.15. The highest BCUT2D eigenvalue weighted by Crippen LogP contribution is 2.35. The second-order valence-corrected chi connectivity index (χ2v) is 8.37. The molecule has 0 spiro atoms. The highest BCUT2D eigenvalue weighted by Gasteiger charge is 2.32. The number of fused-ring (bicyclic) bond motifs is 1. The maximum atomic E-state index is 13.5. The van der Waals surface area contributed by atoms with Crippen LogP contribution in [0.15, 0.2) is 42.5 Å². The number of rotatable bonds is 5. The normalized spacial score (nSPS) is 21.1. The molecule has 2 N–H and O–H groups in total. The number of esters is 1. The average Bonchev–Trinajstić information content (AvgIpc) is 2.78. The zero-order chi connectivity index (χ0) is 22.0. The Hall–Kier alpha value is -3.06. The summed E-state index contributed by atoms with van der Waals surface area (Å²) in [6, 6.07) is 11.9. The number of carbonyl (C=O) groups excluding carboxylic acids is 1. The molecule has 0 atom stereocenters. The van der Waals surface area contributed by atoms with E-state index >= 15 is 0 Å². The van der Waals surface area contributed by atoms with Gasteiger partial charge in [-0.05, 0) is 82.1 Å². The SMILES string of the molecule is CNC1CCC(C)(Nc2nc3cc(C(=O)OC)ccc3nc2-c2ccc(F)cc2)CC1. The monoisotopic (exact) mass is 422 g/mol. The first-order chi connectivity index (χ1) is 14.9. The number of nitrogens with one attached hydrogen (secondary N) is 2. The van der Waals surface area contributed by atoms with Crippen molar-refractivity contribution >= 4 is 22.8 Å². The van der Waals surface area contributed by atoms with E-state index in [0.717, 1.165) is 31.2 Å². The van der Waals surface area contributed by atoms with Crippen LogP contribution in [0.1, 0.15) is 43.0 Å². The summed E-state index contributed by atoms with van der Waals surface area (Å²) in [7, 11) is 3.35. The average molecular weight is 423 g/mol. The van der Waals surface area contributed by atoms with E-state index in [1.165, 1.54) is 19.2 Å². The first-order valence-corrected chi connectivity index (χ1v) is 10.5. The van der Waals surface area contributed by atoms with Crippen LogP contribution < -0.4 is 10.6 Å². The fourth-order valence-electron chi connectivity index (χ4n) is 4.15. The van der Waals surface area contributed by atoms with Crippen LogP contribution >= 0.6 is 0 Å². The van der Waals surface area contributed by atoms with Gasteiger partial charge < -0.3 is 15.4 Å². The molecule has 3 aromatic rings. The van der Waals surface area contributed by atoms with E-state index in [9.17, 15) is 9.18 Å². The zero-order valence-electron chi connectivity index (χ0n) is 18.0. The third-order valence-corrected chi connectivity index (χ3v) is 6.12. The number of anilines is 1. The fraction of sp³-hybridized carbons (Fsp3) is 0.375. The van der Waals surface area contributed by atoms with E-state index < -0.39 is 5.97 Å².